The number of aryl methyl sites for hydroxylation is 1. The zero-order valence-corrected chi connectivity index (χ0v) is 14.9. The predicted molar refractivity (Wildman–Crippen MR) is 93.9 cm³/mol. The molecule has 1 aliphatic rings. The number of nitrogens with zero attached hydrogens (tertiary/aromatic N) is 1. The number of rotatable bonds is 4. The Hall–Kier alpha value is -1.56. The molecule has 1 saturated heterocycles. The summed E-state index contributed by atoms with van der Waals surface area (Å²) in [4.78, 5) is 12.3. The minimum absolute atomic E-state index is 0.199. The molecule has 0 aliphatic carbocycles. The SMILES string of the molecule is Cc1cc(C(=O)NCC2(c3ccc(Cl)cc3Cl)CCOCC2)n[nH]1. The van der Waals surface area contributed by atoms with Gasteiger partial charge >= 0.3 is 0 Å². The Bertz CT molecular complexity index is 739. The normalized spacial score (nSPS) is 16.8. The number of ether oxygens (including phenoxy) is 1. The van der Waals surface area contributed by atoms with Crippen LogP contribution < -0.4 is 5.32 Å². The van der Waals surface area contributed by atoms with Crippen LogP contribution in [0.5, 0.6) is 0 Å². The van der Waals surface area contributed by atoms with Crippen molar-refractivity contribution < 1.29 is 9.53 Å². The smallest absolute Gasteiger partial charge is 0.271 e. The number of H-pyrrole nitrogens is 1. The first-order chi connectivity index (χ1) is 11.5. The molecule has 5 nitrogen and oxygen atoms in total. The van der Waals surface area contributed by atoms with Gasteiger partial charge in [0.15, 0.2) is 0 Å². The molecule has 0 unspecified atom stereocenters. The zero-order chi connectivity index (χ0) is 17.2. The van der Waals surface area contributed by atoms with E-state index in [1.807, 2.05) is 19.1 Å². The van der Waals surface area contributed by atoms with Crippen LogP contribution in [0.1, 0.15) is 34.6 Å². The van der Waals surface area contributed by atoms with Gasteiger partial charge in [-0.1, -0.05) is 29.3 Å². The monoisotopic (exact) mass is 367 g/mol. The fourth-order valence-corrected chi connectivity index (χ4v) is 3.71. The molecule has 1 aromatic carbocycles. The molecule has 0 atom stereocenters. The molecule has 0 spiro atoms. The second-order valence-electron chi connectivity index (χ2n) is 6.14. The summed E-state index contributed by atoms with van der Waals surface area (Å²) in [5.74, 6) is -0.199. The van der Waals surface area contributed by atoms with Crippen LogP contribution in [0.3, 0.4) is 0 Å². The summed E-state index contributed by atoms with van der Waals surface area (Å²) in [6, 6.07) is 7.25. The van der Waals surface area contributed by atoms with Gasteiger partial charge in [-0.25, -0.2) is 0 Å². The molecule has 0 radical (unpaired) electrons. The molecule has 2 heterocycles. The highest BCUT2D eigenvalue weighted by atomic mass is 35.5. The van der Waals surface area contributed by atoms with Crippen LogP contribution in [-0.4, -0.2) is 35.9 Å². The molecular formula is C17H19Cl2N3O2. The summed E-state index contributed by atoms with van der Waals surface area (Å²) >= 11 is 12.5. The van der Waals surface area contributed by atoms with Crippen molar-refractivity contribution in [3.63, 3.8) is 0 Å². The number of aromatic nitrogens is 2. The summed E-state index contributed by atoms with van der Waals surface area (Å²) in [6.45, 7) is 3.60. The molecular weight excluding hydrogens is 349 g/mol. The topological polar surface area (TPSA) is 67.0 Å². The van der Waals surface area contributed by atoms with Crippen molar-refractivity contribution in [2.24, 2.45) is 0 Å². The van der Waals surface area contributed by atoms with E-state index in [2.05, 4.69) is 15.5 Å². The van der Waals surface area contributed by atoms with E-state index < -0.39 is 0 Å². The fourth-order valence-electron chi connectivity index (χ4n) is 3.10. The van der Waals surface area contributed by atoms with E-state index in [1.165, 1.54) is 0 Å². The highest BCUT2D eigenvalue weighted by Crippen LogP contribution is 2.39. The average Bonchev–Trinajstić information content (AvgIpc) is 3.00. The summed E-state index contributed by atoms with van der Waals surface area (Å²) in [5, 5.41) is 11.0. The first-order valence-electron chi connectivity index (χ1n) is 7.84. The molecule has 2 N–H and O–H groups in total. The molecule has 1 aromatic heterocycles. The number of benzene rings is 1. The molecule has 0 bridgehead atoms. The standard InChI is InChI=1S/C17H19Cl2N3O2/c1-11-8-15(22-21-11)16(23)20-10-17(4-6-24-7-5-17)13-3-2-12(18)9-14(13)19/h2-3,8-9H,4-7,10H2,1H3,(H,20,23)(H,21,22). The van der Waals surface area contributed by atoms with Crippen molar-refractivity contribution in [1.82, 2.24) is 15.5 Å². The molecule has 1 aliphatic heterocycles. The van der Waals surface area contributed by atoms with E-state index in [0.29, 0.717) is 35.5 Å². The van der Waals surface area contributed by atoms with Crippen molar-refractivity contribution in [2.45, 2.75) is 25.2 Å². The van der Waals surface area contributed by atoms with Crippen LogP contribution >= 0.6 is 23.2 Å². The van der Waals surface area contributed by atoms with Crippen molar-refractivity contribution >= 4 is 29.1 Å². The maximum absolute atomic E-state index is 12.3. The summed E-state index contributed by atoms with van der Waals surface area (Å²) in [5.41, 5.74) is 1.97. The number of carbonyl (C=O) groups is 1. The first kappa shape index (κ1) is 17.3. The summed E-state index contributed by atoms with van der Waals surface area (Å²) in [6.07, 6.45) is 1.57. The van der Waals surface area contributed by atoms with Crippen molar-refractivity contribution in [3.05, 3.63) is 51.3 Å². The Morgan fingerprint density at radius 1 is 1.33 bits per heavy atom. The van der Waals surface area contributed by atoms with Gasteiger partial charge in [-0.2, -0.15) is 5.10 Å². The van der Waals surface area contributed by atoms with Gasteiger partial charge in [0.05, 0.1) is 0 Å². The predicted octanol–water partition coefficient (Wildman–Crippen LogP) is 3.50. The molecule has 1 fully saturated rings. The van der Waals surface area contributed by atoms with Crippen LogP contribution in [0.15, 0.2) is 24.3 Å². The number of hydrogen-bond acceptors (Lipinski definition) is 3. The maximum Gasteiger partial charge on any atom is 0.271 e. The second kappa shape index (κ2) is 7.13. The van der Waals surface area contributed by atoms with E-state index >= 15 is 0 Å². The van der Waals surface area contributed by atoms with Gasteiger partial charge in [-0.3, -0.25) is 9.89 Å². The largest absolute Gasteiger partial charge is 0.381 e. The number of halogens is 2. The van der Waals surface area contributed by atoms with E-state index in [0.717, 1.165) is 24.1 Å². The van der Waals surface area contributed by atoms with E-state index in [4.69, 9.17) is 27.9 Å². The van der Waals surface area contributed by atoms with Crippen LogP contribution in [0.2, 0.25) is 10.0 Å². The molecule has 3 rings (SSSR count). The van der Waals surface area contributed by atoms with Crippen LogP contribution in [0.4, 0.5) is 0 Å². The van der Waals surface area contributed by atoms with Gasteiger partial charge in [0.1, 0.15) is 5.69 Å². The third kappa shape index (κ3) is 3.58. The zero-order valence-electron chi connectivity index (χ0n) is 13.4. The third-order valence-corrected chi connectivity index (χ3v) is 5.03. The van der Waals surface area contributed by atoms with Crippen molar-refractivity contribution in [3.8, 4) is 0 Å². The minimum Gasteiger partial charge on any atom is -0.381 e. The average molecular weight is 368 g/mol. The van der Waals surface area contributed by atoms with Crippen molar-refractivity contribution in [1.29, 1.82) is 0 Å². The van der Waals surface area contributed by atoms with Crippen LogP contribution in [0, 0.1) is 6.92 Å². The summed E-state index contributed by atoms with van der Waals surface area (Å²) < 4.78 is 5.51. The molecule has 24 heavy (non-hydrogen) atoms. The molecule has 128 valence electrons. The second-order valence-corrected chi connectivity index (χ2v) is 6.98. The molecule has 1 amide bonds. The quantitative estimate of drug-likeness (QED) is 0.868. The molecule has 0 saturated carbocycles. The highest BCUT2D eigenvalue weighted by molar-refractivity contribution is 6.35. The summed E-state index contributed by atoms with van der Waals surface area (Å²) in [7, 11) is 0. The lowest BCUT2D eigenvalue weighted by molar-refractivity contribution is 0.0487. The number of aromatic amines is 1. The molecule has 2 aromatic rings. The third-order valence-electron chi connectivity index (χ3n) is 4.48. The lowest BCUT2D eigenvalue weighted by atomic mass is 9.74. The van der Waals surface area contributed by atoms with Gasteiger partial charge in [-0.05, 0) is 43.5 Å². The van der Waals surface area contributed by atoms with Gasteiger partial charge in [-0.15, -0.1) is 0 Å². The fraction of sp³-hybridized carbons (Fsp3) is 0.412. The first-order valence-corrected chi connectivity index (χ1v) is 8.59. The van der Waals surface area contributed by atoms with Gasteiger partial charge in [0.2, 0.25) is 0 Å². The Morgan fingerprint density at radius 2 is 2.08 bits per heavy atom. The number of nitrogens with one attached hydrogen (secondary N) is 2. The lowest BCUT2D eigenvalue weighted by Gasteiger charge is -2.38. The van der Waals surface area contributed by atoms with E-state index in [-0.39, 0.29) is 11.3 Å². The molecule has 7 heteroatoms. The van der Waals surface area contributed by atoms with Gasteiger partial charge < -0.3 is 10.1 Å². The Balaban J connectivity index is 1.82. The maximum atomic E-state index is 12.3. The Kier molecular flexibility index (Phi) is 5.13. The van der Waals surface area contributed by atoms with Crippen LogP contribution in [-0.2, 0) is 10.2 Å². The minimum atomic E-state index is -0.263. The Labute approximate surface area is 150 Å². The number of hydrogen-bond donors (Lipinski definition) is 2. The van der Waals surface area contributed by atoms with Gasteiger partial charge in [0.25, 0.3) is 5.91 Å². The Morgan fingerprint density at radius 3 is 2.71 bits per heavy atom. The van der Waals surface area contributed by atoms with E-state index in [9.17, 15) is 4.79 Å². The van der Waals surface area contributed by atoms with Gasteiger partial charge in [0, 0.05) is 40.9 Å². The van der Waals surface area contributed by atoms with E-state index in [1.54, 1.807) is 12.1 Å². The lowest BCUT2D eigenvalue weighted by Crippen LogP contribution is -2.44. The number of carbonyl (C=O) groups excluding carboxylic acids is 1. The van der Waals surface area contributed by atoms with Crippen molar-refractivity contribution in [2.75, 3.05) is 19.8 Å². The van der Waals surface area contributed by atoms with Crippen LogP contribution in [0.25, 0.3) is 0 Å². The number of amides is 1. The highest BCUT2D eigenvalue weighted by Gasteiger charge is 2.36.